The Bertz CT molecular complexity index is 216. The first-order chi connectivity index (χ1) is 6.84. The van der Waals surface area contributed by atoms with Crippen molar-refractivity contribution >= 4 is 17.7 Å². The number of rotatable bonds is 4. The van der Waals surface area contributed by atoms with Crippen LogP contribution in [0.2, 0.25) is 0 Å². The molecule has 0 radical (unpaired) electrons. The van der Waals surface area contributed by atoms with E-state index in [9.17, 15) is 4.79 Å². The highest BCUT2D eigenvalue weighted by Gasteiger charge is 2.20. The molecule has 1 saturated heterocycles. The lowest BCUT2D eigenvalue weighted by atomic mass is 10.2. The van der Waals surface area contributed by atoms with Crippen LogP contribution in [0.4, 0.5) is 0 Å². The number of nitrogens with one attached hydrogen (secondary N) is 1. The van der Waals surface area contributed by atoms with E-state index in [-0.39, 0.29) is 11.2 Å². The molecule has 0 aromatic rings. The lowest BCUT2D eigenvalue weighted by molar-refractivity contribution is -0.120. The van der Waals surface area contributed by atoms with E-state index in [0.29, 0.717) is 0 Å². The van der Waals surface area contributed by atoms with Crippen molar-refractivity contribution in [2.75, 3.05) is 12.3 Å². The molecule has 0 aromatic carbocycles. The van der Waals surface area contributed by atoms with Crippen molar-refractivity contribution in [3.63, 3.8) is 0 Å². The molecule has 14 heavy (non-hydrogen) atoms. The Morgan fingerprint density at radius 1 is 1.57 bits per heavy atom. The van der Waals surface area contributed by atoms with Crippen molar-refractivity contribution in [2.24, 2.45) is 0 Å². The standard InChI is InChI=1S/C11H17NOS/c1-2-3-5-8-12-11(13)10-7-4-6-9-14-10/h1,10H,3-9H2,(H,12,13). The normalized spacial score (nSPS) is 21.2. The predicted octanol–water partition coefficient (Wildman–Crippen LogP) is 1.80. The zero-order valence-corrected chi connectivity index (χ0v) is 9.24. The van der Waals surface area contributed by atoms with Crippen molar-refractivity contribution in [3.8, 4) is 12.3 Å². The lowest BCUT2D eigenvalue weighted by Gasteiger charge is -2.20. The number of terminal acetylenes is 1. The molecule has 1 amide bonds. The number of unbranched alkanes of at least 4 members (excludes halogenated alkanes) is 1. The summed E-state index contributed by atoms with van der Waals surface area (Å²) in [5, 5.41) is 3.12. The summed E-state index contributed by atoms with van der Waals surface area (Å²) in [4.78, 5) is 11.6. The van der Waals surface area contributed by atoms with Gasteiger partial charge in [-0.05, 0) is 25.0 Å². The van der Waals surface area contributed by atoms with Crippen LogP contribution < -0.4 is 5.32 Å². The Kier molecular flexibility index (Phi) is 5.55. The van der Waals surface area contributed by atoms with Gasteiger partial charge in [0.1, 0.15) is 0 Å². The Labute approximate surface area is 90.2 Å². The first kappa shape index (κ1) is 11.5. The Morgan fingerprint density at radius 2 is 2.43 bits per heavy atom. The summed E-state index contributed by atoms with van der Waals surface area (Å²) in [6, 6.07) is 0. The summed E-state index contributed by atoms with van der Waals surface area (Å²) < 4.78 is 0. The third-order valence-electron chi connectivity index (χ3n) is 2.27. The zero-order valence-electron chi connectivity index (χ0n) is 8.42. The maximum absolute atomic E-state index is 11.6. The van der Waals surface area contributed by atoms with E-state index >= 15 is 0 Å². The molecule has 1 rings (SSSR count). The summed E-state index contributed by atoms with van der Waals surface area (Å²) in [5.41, 5.74) is 0. The summed E-state index contributed by atoms with van der Waals surface area (Å²) in [6.07, 6.45) is 10.2. The molecule has 0 saturated carbocycles. The molecule has 78 valence electrons. The third kappa shape index (κ3) is 4.06. The van der Waals surface area contributed by atoms with E-state index < -0.39 is 0 Å². The lowest BCUT2D eigenvalue weighted by Crippen LogP contribution is -2.34. The fourth-order valence-corrected chi connectivity index (χ4v) is 2.69. The van der Waals surface area contributed by atoms with Crippen LogP contribution in [0.3, 0.4) is 0 Å². The molecule has 1 atom stereocenters. The maximum atomic E-state index is 11.6. The summed E-state index contributed by atoms with van der Waals surface area (Å²) >= 11 is 1.78. The van der Waals surface area contributed by atoms with Gasteiger partial charge in [0.2, 0.25) is 5.91 Å². The highest BCUT2D eigenvalue weighted by atomic mass is 32.2. The minimum atomic E-state index is 0.189. The van der Waals surface area contributed by atoms with Gasteiger partial charge in [0.15, 0.2) is 0 Å². The van der Waals surface area contributed by atoms with Crippen molar-refractivity contribution in [3.05, 3.63) is 0 Å². The molecule has 0 bridgehead atoms. The molecular weight excluding hydrogens is 194 g/mol. The summed E-state index contributed by atoms with van der Waals surface area (Å²) in [7, 11) is 0. The van der Waals surface area contributed by atoms with Crippen molar-refractivity contribution < 1.29 is 4.79 Å². The molecule has 0 aliphatic carbocycles. The molecule has 0 aromatic heterocycles. The van der Waals surface area contributed by atoms with Gasteiger partial charge in [0.25, 0.3) is 0 Å². The average molecular weight is 211 g/mol. The number of amides is 1. The van der Waals surface area contributed by atoms with Gasteiger partial charge in [-0.2, -0.15) is 0 Å². The maximum Gasteiger partial charge on any atom is 0.233 e. The second-order valence-electron chi connectivity index (χ2n) is 3.45. The van der Waals surface area contributed by atoms with Crippen LogP contribution >= 0.6 is 11.8 Å². The molecule has 1 aliphatic heterocycles. The number of carbonyl (C=O) groups is 1. The Morgan fingerprint density at radius 3 is 3.07 bits per heavy atom. The first-order valence-electron chi connectivity index (χ1n) is 5.17. The molecule has 3 heteroatoms. The van der Waals surface area contributed by atoms with Crippen LogP contribution in [0.1, 0.15) is 32.1 Å². The molecule has 0 spiro atoms. The molecule has 1 unspecified atom stereocenters. The van der Waals surface area contributed by atoms with E-state index in [1.807, 2.05) is 0 Å². The van der Waals surface area contributed by atoms with Gasteiger partial charge in [-0.3, -0.25) is 4.79 Å². The number of thioether (sulfide) groups is 1. The van der Waals surface area contributed by atoms with Crippen LogP contribution in [-0.4, -0.2) is 23.5 Å². The smallest absolute Gasteiger partial charge is 0.233 e. The van der Waals surface area contributed by atoms with Gasteiger partial charge in [0.05, 0.1) is 5.25 Å². The predicted molar refractivity (Wildman–Crippen MR) is 61.2 cm³/mol. The van der Waals surface area contributed by atoms with E-state index in [4.69, 9.17) is 6.42 Å². The Balaban J connectivity index is 2.11. The topological polar surface area (TPSA) is 29.1 Å². The largest absolute Gasteiger partial charge is 0.355 e. The molecule has 2 nitrogen and oxygen atoms in total. The molecule has 1 heterocycles. The molecule has 1 fully saturated rings. The monoisotopic (exact) mass is 211 g/mol. The first-order valence-corrected chi connectivity index (χ1v) is 6.22. The highest BCUT2D eigenvalue weighted by Crippen LogP contribution is 2.24. The van der Waals surface area contributed by atoms with Gasteiger partial charge in [-0.25, -0.2) is 0 Å². The third-order valence-corrected chi connectivity index (χ3v) is 3.65. The SMILES string of the molecule is C#CCCCNC(=O)C1CCCCS1. The van der Waals surface area contributed by atoms with E-state index in [1.54, 1.807) is 11.8 Å². The van der Waals surface area contributed by atoms with Crippen LogP contribution in [0, 0.1) is 12.3 Å². The van der Waals surface area contributed by atoms with Gasteiger partial charge >= 0.3 is 0 Å². The van der Waals surface area contributed by atoms with Gasteiger partial charge in [-0.1, -0.05) is 6.42 Å². The van der Waals surface area contributed by atoms with Gasteiger partial charge in [-0.15, -0.1) is 24.1 Å². The van der Waals surface area contributed by atoms with Gasteiger partial charge in [0, 0.05) is 13.0 Å². The minimum Gasteiger partial charge on any atom is -0.355 e. The van der Waals surface area contributed by atoms with Crippen molar-refractivity contribution in [1.29, 1.82) is 0 Å². The summed E-state index contributed by atoms with van der Waals surface area (Å²) in [6.45, 7) is 0.722. The highest BCUT2D eigenvalue weighted by molar-refractivity contribution is 8.00. The van der Waals surface area contributed by atoms with Crippen LogP contribution in [0.5, 0.6) is 0 Å². The van der Waals surface area contributed by atoms with E-state index in [0.717, 1.165) is 31.6 Å². The molecule has 1 N–H and O–H groups in total. The van der Waals surface area contributed by atoms with Crippen LogP contribution in [0.15, 0.2) is 0 Å². The van der Waals surface area contributed by atoms with Gasteiger partial charge < -0.3 is 5.32 Å². The number of carbonyl (C=O) groups excluding carboxylic acids is 1. The number of hydrogen-bond donors (Lipinski definition) is 1. The van der Waals surface area contributed by atoms with Crippen molar-refractivity contribution in [1.82, 2.24) is 5.32 Å². The number of hydrogen-bond acceptors (Lipinski definition) is 2. The van der Waals surface area contributed by atoms with Crippen LogP contribution in [0.25, 0.3) is 0 Å². The molecular formula is C11H17NOS. The molecule has 1 aliphatic rings. The zero-order chi connectivity index (χ0) is 10.2. The minimum absolute atomic E-state index is 0.189. The quantitative estimate of drug-likeness (QED) is 0.567. The second-order valence-corrected chi connectivity index (χ2v) is 4.76. The second kappa shape index (κ2) is 6.78. The van der Waals surface area contributed by atoms with E-state index in [1.165, 1.54) is 12.8 Å². The average Bonchev–Trinajstić information content (AvgIpc) is 2.25. The fraction of sp³-hybridized carbons (Fsp3) is 0.727. The Hall–Kier alpha value is -0.620. The van der Waals surface area contributed by atoms with Crippen LogP contribution in [-0.2, 0) is 4.79 Å². The van der Waals surface area contributed by atoms with Crippen molar-refractivity contribution in [2.45, 2.75) is 37.4 Å². The summed E-state index contributed by atoms with van der Waals surface area (Å²) in [5.74, 6) is 3.89. The van der Waals surface area contributed by atoms with E-state index in [2.05, 4.69) is 11.2 Å². The fourth-order valence-electron chi connectivity index (χ4n) is 1.46.